The second kappa shape index (κ2) is 11.3. The van der Waals surface area contributed by atoms with Crippen molar-refractivity contribution in [2.45, 2.75) is 46.1 Å². The molecule has 150 valence electrons. The van der Waals surface area contributed by atoms with Crippen LogP contribution in [0.1, 0.15) is 50.4 Å². The summed E-state index contributed by atoms with van der Waals surface area (Å²) in [5, 5.41) is 5.95. The third-order valence-corrected chi connectivity index (χ3v) is 4.33. The first-order valence-electron chi connectivity index (χ1n) is 9.64. The normalized spacial score (nSPS) is 11.4. The van der Waals surface area contributed by atoms with E-state index in [2.05, 4.69) is 24.5 Å². The van der Waals surface area contributed by atoms with Gasteiger partial charge in [0.05, 0.1) is 18.4 Å². The average molecular weight is 401 g/mol. The van der Waals surface area contributed by atoms with Crippen LogP contribution in [0.2, 0.25) is 0 Å². The first-order chi connectivity index (χ1) is 13.5. The minimum atomic E-state index is -0.295. The quantitative estimate of drug-likeness (QED) is 0.449. The highest BCUT2D eigenvalue weighted by Gasteiger charge is 2.11. The standard InChI is InChI=1S/C22H28N2O3S/c1-4-6-14-26-20-13-8-7-12-19(20)23-22(28)24-21(25)17-10-9-11-18(15-17)27-16(3)5-2/h7-13,15-16H,4-6,14H2,1-3H3,(H2,23,24,25,28). The average Bonchev–Trinajstić information content (AvgIpc) is 2.69. The van der Waals surface area contributed by atoms with E-state index in [-0.39, 0.29) is 17.1 Å². The maximum Gasteiger partial charge on any atom is 0.257 e. The lowest BCUT2D eigenvalue weighted by molar-refractivity contribution is 0.0977. The Balaban J connectivity index is 1.98. The van der Waals surface area contributed by atoms with Gasteiger partial charge in [0.1, 0.15) is 11.5 Å². The van der Waals surface area contributed by atoms with Crippen LogP contribution in [0.15, 0.2) is 48.5 Å². The van der Waals surface area contributed by atoms with Crippen molar-refractivity contribution in [3.63, 3.8) is 0 Å². The molecule has 2 aromatic carbocycles. The largest absolute Gasteiger partial charge is 0.491 e. The summed E-state index contributed by atoms with van der Waals surface area (Å²) in [6.07, 6.45) is 3.02. The number of carbonyl (C=O) groups excluding carboxylic acids is 1. The van der Waals surface area contributed by atoms with Crippen LogP contribution in [0, 0.1) is 0 Å². The number of hydrogen-bond acceptors (Lipinski definition) is 4. The number of nitrogens with one attached hydrogen (secondary N) is 2. The minimum absolute atomic E-state index is 0.0882. The molecule has 2 rings (SSSR count). The number of carbonyl (C=O) groups is 1. The van der Waals surface area contributed by atoms with Gasteiger partial charge >= 0.3 is 0 Å². The zero-order chi connectivity index (χ0) is 20.4. The molecule has 0 radical (unpaired) electrons. The molecule has 2 aromatic rings. The van der Waals surface area contributed by atoms with Crippen LogP contribution in [0.4, 0.5) is 5.69 Å². The van der Waals surface area contributed by atoms with Gasteiger partial charge in [0.2, 0.25) is 0 Å². The van der Waals surface area contributed by atoms with E-state index in [1.165, 1.54) is 0 Å². The van der Waals surface area contributed by atoms with Crippen LogP contribution in [-0.4, -0.2) is 23.7 Å². The predicted molar refractivity (Wildman–Crippen MR) is 117 cm³/mol. The number of anilines is 1. The van der Waals surface area contributed by atoms with Gasteiger partial charge in [-0.05, 0) is 62.3 Å². The van der Waals surface area contributed by atoms with Crippen molar-refractivity contribution in [1.29, 1.82) is 0 Å². The van der Waals surface area contributed by atoms with Crippen LogP contribution >= 0.6 is 12.2 Å². The summed E-state index contributed by atoms with van der Waals surface area (Å²) in [4.78, 5) is 12.5. The van der Waals surface area contributed by atoms with Crippen molar-refractivity contribution >= 4 is 28.9 Å². The summed E-state index contributed by atoms with van der Waals surface area (Å²) in [7, 11) is 0. The molecular weight excluding hydrogens is 372 g/mol. The fraction of sp³-hybridized carbons (Fsp3) is 0.364. The SMILES string of the molecule is CCCCOc1ccccc1NC(=S)NC(=O)c1cccc(OC(C)CC)c1. The van der Waals surface area contributed by atoms with Crippen LogP contribution in [0.5, 0.6) is 11.5 Å². The molecular formula is C22H28N2O3S. The Hall–Kier alpha value is -2.60. The molecule has 1 amide bonds. The second-order valence-electron chi connectivity index (χ2n) is 6.47. The zero-order valence-corrected chi connectivity index (χ0v) is 17.5. The van der Waals surface area contributed by atoms with E-state index in [9.17, 15) is 4.79 Å². The van der Waals surface area contributed by atoms with Gasteiger partial charge in [0, 0.05) is 5.56 Å². The monoisotopic (exact) mass is 400 g/mol. The van der Waals surface area contributed by atoms with Crippen molar-refractivity contribution in [2.75, 3.05) is 11.9 Å². The van der Waals surface area contributed by atoms with E-state index >= 15 is 0 Å². The van der Waals surface area contributed by atoms with Crippen LogP contribution in [0.25, 0.3) is 0 Å². The Morgan fingerprint density at radius 1 is 1.14 bits per heavy atom. The molecule has 0 saturated heterocycles. The summed E-state index contributed by atoms with van der Waals surface area (Å²) in [6, 6.07) is 14.6. The van der Waals surface area contributed by atoms with Crippen molar-refractivity contribution in [3.05, 3.63) is 54.1 Å². The number of amides is 1. The third kappa shape index (κ3) is 6.85. The first kappa shape index (κ1) is 21.7. The lowest BCUT2D eigenvalue weighted by atomic mass is 10.2. The molecule has 0 fully saturated rings. The Labute approximate surface area is 172 Å². The molecule has 6 heteroatoms. The number of benzene rings is 2. The lowest BCUT2D eigenvalue weighted by Crippen LogP contribution is -2.34. The summed E-state index contributed by atoms with van der Waals surface area (Å²) in [5.74, 6) is 1.07. The van der Waals surface area contributed by atoms with E-state index in [0.717, 1.165) is 24.9 Å². The van der Waals surface area contributed by atoms with Gasteiger partial charge in [-0.2, -0.15) is 0 Å². The molecule has 0 bridgehead atoms. The molecule has 0 aliphatic heterocycles. The molecule has 0 aliphatic rings. The predicted octanol–water partition coefficient (Wildman–Crippen LogP) is 5.17. The van der Waals surface area contributed by atoms with Crippen LogP contribution < -0.4 is 20.1 Å². The smallest absolute Gasteiger partial charge is 0.257 e. The lowest BCUT2D eigenvalue weighted by Gasteiger charge is -2.15. The molecule has 0 heterocycles. The number of hydrogen-bond donors (Lipinski definition) is 2. The molecule has 1 unspecified atom stereocenters. The summed E-state index contributed by atoms with van der Waals surface area (Å²) in [6.45, 7) is 6.79. The van der Waals surface area contributed by atoms with Gasteiger partial charge in [-0.1, -0.05) is 38.5 Å². The summed E-state index contributed by atoms with van der Waals surface area (Å²) < 4.78 is 11.6. The number of ether oxygens (including phenoxy) is 2. The first-order valence-corrected chi connectivity index (χ1v) is 10.0. The fourth-order valence-electron chi connectivity index (χ4n) is 2.38. The Morgan fingerprint density at radius 2 is 1.93 bits per heavy atom. The van der Waals surface area contributed by atoms with Gasteiger partial charge in [-0.3, -0.25) is 10.1 Å². The van der Waals surface area contributed by atoms with Gasteiger partial charge in [0.25, 0.3) is 5.91 Å². The number of rotatable bonds is 9. The molecule has 0 saturated carbocycles. The van der Waals surface area contributed by atoms with Gasteiger partial charge in [-0.25, -0.2) is 0 Å². The van der Waals surface area contributed by atoms with E-state index in [1.807, 2.05) is 37.3 Å². The van der Waals surface area contributed by atoms with E-state index in [1.54, 1.807) is 18.2 Å². The Kier molecular flexibility index (Phi) is 8.75. The van der Waals surface area contributed by atoms with Crippen LogP contribution in [0.3, 0.4) is 0 Å². The molecule has 0 aliphatic carbocycles. The van der Waals surface area contributed by atoms with Crippen LogP contribution in [-0.2, 0) is 0 Å². The van der Waals surface area contributed by atoms with Crippen molar-refractivity contribution < 1.29 is 14.3 Å². The molecule has 5 nitrogen and oxygen atoms in total. The third-order valence-electron chi connectivity index (χ3n) is 4.13. The van der Waals surface area contributed by atoms with E-state index in [4.69, 9.17) is 21.7 Å². The number of para-hydroxylation sites is 2. The van der Waals surface area contributed by atoms with Gasteiger partial charge in [0.15, 0.2) is 5.11 Å². The van der Waals surface area contributed by atoms with E-state index in [0.29, 0.717) is 23.7 Å². The Morgan fingerprint density at radius 3 is 2.68 bits per heavy atom. The molecule has 0 spiro atoms. The topological polar surface area (TPSA) is 59.6 Å². The summed E-state index contributed by atoms with van der Waals surface area (Å²) in [5.41, 5.74) is 1.20. The molecule has 1 atom stereocenters. The maximum absolute atomic E-state index is 12.5. The number of thiocarbonyl (C=S) groups is 1. The summed E-state index contributed by atoms with van der Waals surface area (Å²) >= 11 is 5.30. The number of unbranched alkanes of at least 4 members (excludes halogenated alkanes) is 1. The maximum atomic E-state index is 12.5. The van der Waals surface area contributed by atoms with Crippen molar-refractivity contribution in [1.82, 2.24) is 5.32 Å². The highest BCUT2D eigenvalue weighted by atomic mass is 32.1. The highest BCUT2D eigenvalue weighted by Crippen LogP contribution is 2.24. The molecule has 0 aromatic heterocycles. The minimum Gasteiger partial charge on any atom is -0.491 e. The highest BCUT2D eigenvalue weighted by molar-refractivity contribution is 7.80. The molecule has 2 N–H and O–H groups in total. The fourth-order valence-corrected chi connectivity index (χ4v) is 2.58. The van der Waals surface area contributed by atoms with Gasteiger partial charge < -0.3 is 14.8 Å². The van der Waals surface area contributed by atoms with Crippen molar-refractivity contribution in [2.24, 2.45) is 0 Å². The molecule has 28 heavy (non-hydrogen) atoms. The van der Waals surface area contributed by atoms with E-state index < -0.39 is 0 Å². The Bertz CT molecular complexity index is 795. The zero-order valence-electron chi connectivity index (χ0n) is 16.7. The van der Waals surface area contributed by atoms with Gasteiger partial charge in [-0.15, -0.1) is 0 Å². The second-order valence-corrected chi connectivity index (χ2v) is 6.88. The van der Waals surface area contributed by atoms with Crippen molar-refractivity contribution in [3.8, 4) is 11.5 Å².